The van der Waals surface area contributed by atoms with Crippen LogP contribution in [0.2, 0.25) is 0 Å². The summed E-state index contributed by atoms with van der Waals surface area (Å²) in [5.41, 5.74) is 0.655. The van der Waals surface area contributed by atoms with Crippen LogP contribution < -0.4 is 5.32 Å². The van der Waals surface area contributed by atoms with Crippen molar-refractivity contribution in [1.82, 2.24) is 5.32 Å². The first kappa shape index (κ1) is 14.0. The van der Waals surface area contributed by atoms with E-state index in [1.54, 1.807) is 0 Å². The van der Waals surface area contributed by atoms with Gasteiger partial charge in [-0.3, -0.25) is 9.59 Å². The minimum absolute atomic E-state index is 0.0600. The number of aryl methyl sites for hydroxylation is 1. The topological polar surface area (TPSA) is 85.6 Å². The van der Waals surface area contributed by atoms with Crippen LogP contribution in [0.3, 0.4) is 0 Å². The van der Waals surface area contributed by atoms with Crippen LogP contribution in [0.4, 0.5) is 0 Å². The van der Waals surface area contributed by atoms with Gasteiger partial charge in [-0.25, -0.2) is 4.79 Å². The Bertz CT molecular complexity index is 570. The second-order valence-corrected chi connectivity index (χ2v) is 4.36. The molecule has 1 aliphatic carbocycles. The number of carbonyl (C=O) groups excluding carboxylic acids is 3. The Morgan fingerprint density at radius 2 is 2.25 bits per heavy atom. The number of furan rings is 1. The van der Waals surface area contributed by atoms with Crippen molar-refractivity contribution in [1.29, 1.82) is 0 Å². The van der Waals surface area contributed by atoms with Gasteiger partial charge in [0.25, 0.3) is 5.91 Å². The average molecular weight is 277 g/mol. The van der Waals surface area contributed by atoms with Crippen molar-refractivity contribution in [3.8, 4) is 0 Å². The number of fused-ring (bicyclic) bond motifs is 1. The highest BCUT2D eigenvalue weighted by Crippen LogP contribution is 2.26. The summed E-state index contributed by atoms with van der Waals surface area (Å²) in [6.45, 7) is 0.169. The normalized spacial score (nSPS) is 14.2. The number of rotatable bonds is 4. The predicted octanol–water partition coefficient (Wildman–Crippen LogP) is 1.26. The van der Waals surface area contributed by atoms with Gasteiger partial charge in [0, 0.05) is 25.5 Å². The monoisotopic (exact) mass is 277 g/mol. The van der Waals surface area contributed by atoms with Crippen LogP contribution in [0.1, 0.15) is 39.3 Å². The van der Waals surface area contributed by atoms with Crippen molar-refractivity contribution < 1.29 is 23.5 Å². The molecule has 0 saturated heterocycles. The van der Waals surface area contributed by atoms with E-state index in [-0.39, 0.29) is 23.8 Å². The van der Waals surface area contributed by atoms with Gasteiger partial charge in [0.15, 0.2) is 5.78 Å². The lowest BCUT2D eigenvalue weighted by molar-refractivity contribution is -0.134. The standard InChI is InChI=1S/C14H15NO5/c1-19-12(17)6-3-7-15-14(18)9-8-20-11-5-2-4-10(16)13(9)11/h3,6,8H,2,4-5,7H2,1H3,(H,15,18)/b6-3+. The fourth-order valence-electron chi connectivity index (χ4n) is 2.06. The average Bonchev–Trinajstić information content (AvgIpc) is 2.88. The first-order chi connectivity index (χ1) is 9.63. The van der Waals surface area contributed by atoms with Crippen LogP contribution in [0, 0.1) is 0 Å². The van der Waals surface area contributed by atoms with E-state index in [1.807, 2.05) is 0 Å². The van der Waals surface area contributed by atoms with Crippen molar-refractivity contribution in [2.75, 3.05) is 13.7 Å². The van der Waals surface area contributed by atoms with Crippen LogP contribution in [-0.2, 0) is 16.0 Å². The molecule has 0 fully saturated rings. The van der Waals surface area contributed by atoms with E-state index in [4.69, 9.17) is 4.42 Å². The molecule has 0 aliphatic heterocycles. The van der Waals surface area contributed by atoms with Gasteiger partial charge in [-0.15, -0.1) is 0 Å². The summed E-state index contributed by atoms with van der Waals surface area (Å²) in [7, 11) is 1.27. The summed E-state index contributed by atoms with van der Waals surface area (Å²) in [5.74, 6) is -0.360. The third-order valence-corrected chi connectivity index (χ3v) is 3.03. The number of hydrogen-bond acceptors (Lipinski definition) is 5. The summed E-state index contributed by atoms with van der Waals surface area (Å²) in [6.07, 6.45) is 5.87. The molecule has 1 aromatic rings. The summed E-state index contributed by atoms with van der Waals surface area (Å²) in [4.78, 5) is 34.6. The molecular formula is C14H15NO5. The number of ketones is 1. The van der Waals surface area contributed by atoms with E-state index in [0.717, 1.165) is 6.42 Å². The number of nitrogens with one attached hydrogen (secondary N) is 1. The second kappa shape index (κ2) is 6.18. The van der Waals surface area contributed by atoms with Gasteiger partial charge in [0.05, 0.1) is 18.2 Å². The number of hydrogen-bond donors (Lipinski definition) is 1. The van der Waals surface area contributed by atoms with Gasteiger partial charge in [-0.05, 0) is 6.42 Å². The summed E-state index contributed by atoms with van der Waals surface area (Å²) in [5, 5.41) is 2.59. The second-order valence-electron chi connectivity index (χ2n) is 4.36. The van der Waals surface area contributed by atoms with Crippen LogP contribution in [0.5, 0.6) is 0 Å². The minimum atomic E-state index is -0.491. The van der Waals surface area contributed by atoms with Crippen molar-refractivity contribution >= 4 is 17.7 Å². The Morgan fingerprint density at radius 1 is 1.45 bits per heavy atom. The maximum Gasteiger partial charge on any atom is 0.330 e. The molecule has 1 aliphatic rings. The maximum absolute atomic E-state index is 12.0. The van der Waals surface area contributed by atoms with E-state index in [9.17, 15) is 14.4 Å². The zero-order valence-corrected chi connectivity index (χ0v) is 11.1. The highest BCUT2D eigenvalue weighted by atomic mass is 16.5. The quantitative estimate of drug-likeness (QED) is 0.661. The van der Waals surface area contributed by atoms with Crippen LogP contribution in [0.15, 0.2) is 22.8 Å². The molecule has 0 atom stereocenters. The molecule has 0 aromatic carbocycles. The fraction of sp³-hybridized carbons (Fsp3) is 0.357. The summed E-state index contributed by atoms with van der Waals surface area (Å²) >= 11 is 0. The Labute approximate surface area is 115 Å². The lowest BCUT2D eigenvalue weighted by Gasteiger charge is -2.09. The molecule has 1 aromatic heterocycles. The third-order valence-electron chi connectivity index (χ3n) is 3.03. The van der Waals surface area contributed by atoms with E-state index in [0.29, 0.717) is 24.2 Å². The molecule has 0 saturated carbocycles. The van der Waals surface area contributed by atoms with Crippen molar-refractivity contribution in [2.45, 2.75) is 19.3 Å². The molecule has 106 valence electrons. The molecular weight excluding hydrogens is 262 g/mol. The van der Waals surface area contributed by atoms with Gasteiger partial charge < -0.3 is 14.5 Å². The molecule has 0 bridgehead atoms. The van der Waals surface area contributed by atoms with Gasteiger partial charge in [-0.2, -0.15) is 0 Å². The molecule has 20 heavy (non-hydrogen) atoms. The first-order valence-electron chi connectivity index (χ1n) is 6.29. The minimum Gasteiger partial charge on any atom is -0.468 e. The lowest BCUT2D eigenvalue weighted by atomic mass is 9.94. The Morgan fingerprint density at radius 3 is 3.00 bits per heavy atom. The largest absolute Gasteiger partial charge is 0.468 e. The SMILES string of the molecule is COC(=O)/C=C/CNC(=O)c1coc2c1C(=O)CCC2. The molecule has 0 spiro atoms. The van der Waals surface area contributed by atoms with Gasteiger partial charge >= 0.3 is 5.97 Å². The number of ether oxygens (including phenoxy) is 1. The van der Waals surface area contributed by atoms with E-state index in [1.165, 1.54) is 25.5 Å². The number of esters is 1. The van der Waals surface area contributed by atoms with Gasteiger partial charge in [0.1, 0.15) is 12.0 Å². The van der Waals surface area contributed by atoms with Crippen molar-refractivity contribution in [3.05, 3.63) is 35.3 Å². The summed E-state index contributed by atoms with van der Waals surface area (Å²) < 4.78 is 9.69. The number of methoxy groups -OCH3 is 1. The zero-order valence-electron chi connectivity index (χ0n) is 11.1. The van der Waals surface area contributed by atoms with Gasteiger partial charge in [-0.1, -0.05) is 6.08 Å². The van der Waals surface area contributed by atoms with Crippen molar-refractivity contribution in [3.63, 3.8) is 0 Å². The predicted molar refractivity (Wildman–Crippen MR) is 69.5 cm³/mol. The lowest BCUT2D eigenvalue weighted by Crippen LogP contribution is -2.25. The highest BCUT2D eigenvalue weighted by Gasteiger charge is 2.27. The smallest absolute Gasteiger partial charge is 0.330 e. The number of carbonyl (C=O) groups is 3. The molecule has 1 N–H and O–H groups in total. The number of amides is 1. The van der Waals surface area contributed by atoms with Crippen molar-refractivity contribution in [2.24, 2.45) is 0 Å². The van der Waals surface area contributed by atoms with Crippen LogP contribution in [0.25, 0.3) is 0 Å². The van der Waals surface area contributed by atoms with Gasteiger partial charge in [0.2, 0.25) is 0 Å². The zero-order chi connectivity index (χ0) is 14.5. The maximum atomic E-state index is 12.0. The molecule has 6 heteroatoms. The molecule has 6 nitrogen and oxygen atoms in total. The summed E-state index contributed by atoms with van der Waals surface area (Å²) in [6, 6.07) is 0. The van der Waals surface area contributed by atoms with Crippen LogP contribution >= 0.6 is 0 Å². The molecule has 2 rings (SSSR count). The molecule has 0 radical (unpaired) electrons. The molecule has 1 amide bonds. The molecule has 1 heterocycles. The fourth-order valence-corrected chi connectivity index (χ4v) is 2.06. The highest BCUT2D eigenvalue weighted by molar-refractivity contribution is 6.09. The van der Waals surface area contributed by atoms with E-state index in [2.05, 4.69) is 10.1 Å². The number of Topliss-reactive ketones (excluding diaryl/α,β-unsaturated/α-hetero) is 1. The van der Waals surface area contributed by atoms with E-state index < -0.39 is 5.97 Å². The third kappa shape index (κ3) is 2.96. The Balaban J connectivity index is 2.00. The first-order valence-corrected chi connectivity index (χ1v) is 6.29. The van der Waals surface area contributed by atoms with Crippen LogP contribution in [-0.4, -0.2) is 31.3 Å². The molecule has 0 unspecified atom stereocenters. The van der Waals surface area contributed by atoms with E-state index >= 15 is 0 Å². The Hall–Kier alpha value is -2.37. The Kier molecular flexibility index (Phi) is 4.34.